The Morgan fingerprint density at radius 1 is 1.23 bits per heavy atom. The first kappa shape index (κ1) is 8.28. The summed E-state index contributed by atoms with van der Waals surface area (Å²) in [6.07, 6.45) is 5.49. The molecule has 3 aliphatic rings. The van der Waals surface area contributed by atoms with E-state index in [4.69, 9.17) is 5.73 Å². The molecular formula is C12H21N. The molecule has 0 radical (unpaired) electrons. The first-order valence-corrected chi connectivity index (χ1v) is 5.89. The Balaban J connectivity index is 1.90. The third-order valence-electron chi connectivity index (χ3n) is 5.43. The van der Waals surface area contributed by atoms with Gasteiger partial charge < -0.3 is 5.73 Å². The summed E-state index contributed by atoms with van der Waals surface area (Å²) in [5, 5.41) is 0. The summed E-state index contributed by atoms with van der Waals surface area (Å²) >= 11 is 0. The highest BCUT2D eigenvalue weighted by molar-refractivity contribution is 5.18. The van der Waals surface area contributed by atoms with E-state index in [0.717, 1.165) is 29.1 Å². The zero-order valence-corrected chi connectivity index (χ0v) is 8.79. The van der Waals surface area contributed by atoms with Crippen molar-refractivity contribution in [3.05, 3.63) is 0 Å². The number of hydrogen-bond donors (Lipinski definition) is 1. The molecule has 0 aromatic carbocycles. The van der Waals surface area contributed by atoms with E-state index in [-0.39, 0.29) is 0 Å². The van der Waals surface area contributed by atoms with Crippen LogP contribution in [-0.2, 0) is 0 Å². The van der Waals surface area contributed by atoms with E-state index in [1.807, 2.05) is 0 Å². The molecule has 0 bridgehead atoms. The largest absolute Gasteiger partial charge is 0.328 e. The van der Waals surface area contributed by atoms with E-state index < -0.39 is 0 Å². The molecule has 3 saturated carbocycles. The summed E-state index contributed by atoms with van der Waals surface area (Å²) in [6, 6.07) is 0.514. The summed E-state index contributed by atoms with van der Waals surface area (Å²) in [5.41, 5.74) is 6.84. The predicted molar refractivity (Wildman–Crippen MR) is 54.2 cm³/mol. The molecule has 1 nitrogen and oxygen atoms in total. The molecule has 0 aromatic rings. The van der Waals surface area contributed by atoms with Crippen LogP contribution in [0, 0.1) is 29.1 Å². The Hall–Kier alpha value is -0.0400. The van der Waals surface area contributed by atoms with Gasteiger partial charge in [0.15, 0.2) is 0 Å². The van der Waals surface area contributed by atoms with E-state index in [9.17, 15) is 0 Å². The van der Waals surface area contributed by atoms with Gasteiger partial charge in [-0.15, -0.1) is 0 Å². The van der Waals surface area contributed by atoms with Crippen molar-refractivity contribution in [1.29, 1.82) is 0 Å². The van der Waals surface area contributed by atoms with Crippen molar-refractivity contribution in [2.24, 2.45) is 34.8 Å². The third kappa shape index (κ3) is 0.869. The average Bonchev–Trinajstić information content (AvgIpc) is 2.59. The van der Waals surface area contributed by atoms with Crippen molar-refractivity contribution in [3.63, 3.8) is 0 Å². The molecule has 2 N–H and O–H groups in total. The van der Waals surface area contributed by atoms with Crippen LogP contribution in [0.2, 0.25) is 0 Å². The van der Waals surface area contributed by atoms with Gasteiger partial charge in [0.2, 0.25) is 0 Å². The predicted octanol–water partition coefficient (Wildman–Crippen LogP) is 2.41. The molecule has 74 valence electrons. The minimum Gasteiger partial charge on any atom is -0.328 e. The molecule has 0 amide bonds. The van der Waals surface area contributed by atoms with Crippen LogP contribution >= 0.6 is 0 Å². The summed E-state index contributed by atoms with van der Waals surface area (Å²) < 4.78 is 0. The van der Waals surface area contributed by atoms with Crippen LogP contribution in [0.1, 0.15) is 39.5 Å². The zero-order chi connectivity index (χ0) is 9.22. The monoisotopic (exact) mass is 179 g/mol. The smallest absolute Gasteiger partial charge is 0.00417 e. The van der Waals surface area contributed by atoms with Crippen LogP contribution in [-0.4, -0.2) is 6.04 Å². The molecule has 3 rings (SSSR count). The molecule has 13 heavy (non-hydrogen) atoms. The van der Waals surface area contributed by atoms with Crippen molar-refractivity contribution in [2.75, 3.05) is 0 Å². The Kier molecular flexibility index (Phi) is 1.47. The quantitative estimate of drug-likeness (QED) is 0.607. The normalized spacial score (nSPS) is 64.4. The molecule has 0 spiro atoms. The van der Waals surface area contributed by atoms with E-state index in [2.05, 4.69) is 13.8 Å². The maximum atomic E-state index is 6.11. The summed E-state index contributed by atoms with van der Waals surface area (Å²) in [7, 11) is 0. The third-order valence-corrected chi connectivity index (χ3v) is 5.43. The van der Waals surface area contributed by atoms with E-state index in [1.165, 1.54) is 25.7 Å². The van der Waals surface area contributed by atoms with Gasteiger partial charge >= 0.3 is 0 Å². The maximum Gasteiger partial charge on any atom is 0.00417 e. The highest BCUT2D eigenvalue weighted by atomic mass is 14.8. The van der Waals surface area contributed by atoms with E-state index in [0.29, 0.717) is 6.04 Å². The Morgan fingerprint density at radius 2 is 2.00 bits per heavy atom. The minimum absolute atomic E-state index is 0.514. The molecule has 0 aliphatic heterocycles. The lowest BCUT2D eigenvalue weighted by Crippen LogP contribution is -2.23. The van der Waals surface area contributed by atoms with Gasteiger partial charge in [0.05, 0.1) is 0 Å². The highest BCUT2D eigenvalue weighted by Gasteiger charge is 2.70. The van der Waals surface area contributed by atoms with Crippen molar-refractivity contribution in [1.82, 2.24) is 0 Å². The second-order valence-corrected chi connectivity index (χ2v) is 5.98. The van der Waals surface area contributed by atoms with Crippen LogP contribution in [0.3, 0.4) is 0 Å². The molecular weight excluding hydrogens is 158 g/mol. The standard InChI is InChI=1S/C12H21N/c1-7-5-8-6-9(13)3-4-10-11(7)12(8,10)2/h7-11H,3-6,13H2,1-2H3/t7-,8?,9?,10?,11?,12+/m0/s1. The van der Waals surface area contributed by atoms with Crippen molar-refractivity contribution >= 4 is 0 Å². The van der Waals surface area contributed by atoms with E-state index in [1.54, 1.807) is 0 Å². The van der Waals surface area contributed by atoms with Crippen molar-refractivity contribution < 1.29 is 0 Å². The van der Waals surface area contributed by atoms with E-state index >= 15 is 0 Å². The molecule has 0 aromatic heterocycles. The Morgan fingerprint density at radius 3 is 2.77 bits per heavy atom. The lowest BCUT2D eigenvalue weighted by molar-refractivity contribution is 0.298. The van der Waals surface area contributed by atoms with Gasteiger partial charge in [0.1, 0.15) is 0 Å². The van der Waals surface area contributed by atoms with Gasteiger partial charge in [0.25, 0.3) is 0 Å². The second kappa shape index (κ2) is 2.31. The highest BCUT2D eigenvalue weighted by Crippen LogP contribution is 2.75. The topological polar surface area (TPSA) is 26.0 Å². The first-order valence-electron chi connectivity index (χ1n) is 5.89. The van der Waals surface area contributed by atoms with Crippen LogP contribution in [0.5, 0.6) is 0 Å². The van der Waals surface area contributed by atoms with Crippen LogP contribution in [0.25, 0.3) is 0 Å². The number of fused-ring (bicyclic) bond motifs is 1. The van der Waals surface area contributed by atoms with Crippen molar-refractivity contribution in [3.8, 4) is 0 Å². The molecule has 3 fully saturated rings. The molecule has 0 heterocycles. The Bertz CT molecular complexity index is 237. The zero-order valence-electron chi connectivity index (χ0n) is 8.79. The lowest BCUT2D eigenvalue weighted by atomic mass is 9.85. The Labute approximate surface area is 81.1 Å². The minimum atomic E-state index is 0.514. The van der Waals surface area contributed by atoms with Gasteiger partial charge in [-0.1, -0.05) is 13.8 Å². The SMILES string of the molecule is C[C@H]1CC2CC(N)CCC3C1[C@]23C. The van der Waals surface area contributed by atoms with Crippen LogP contribution in [0.15, 0.2) is 0 Å². The average molecular weight is 179 g/mol. The van der Waals surface area contributed by atoms with Crippen molar-refractivity contribution in [2.45, 2.75) is 45.6 Å². The molecule has 4 unspecified atom stereocenters. The van der Waals surface area contributed by atoms with Gasteiger partial charge in [-0.2, -0.15) is 0 Å². The number of nitrogens with two attached hydrogens (primary N) is 1. The second-order valence-electron chi connectivity index (χ2n) is 5.98. The fourth-order valence-electron chi connectivity index (χ4n) is 4.81. The van der Waals surface area contributed by atoms with Gasteiger partial charge in [-0.05, 0) is 54.8 Å². The summed E-state index contributed by atoms with van der Waals surface area (Å²) in [6.45, 7) is 4.99. The first-order chi connectivity index (χ1) is 6.14. The van der Waals surface area contributed by atoms with Crippen LogP contribution < -0.4 is 5.73 Å². The molecule has 0 saturated heterocycles. The summed E-state index contributed by atoms with van der Waals surface area (Å²) in [4.78, 5) is 0. The summed E-state index contributed by atoms with van der Waals surface area (Å²) in [5.74, 6) is 4.08. The molecule has 1 heteroatoms. The fraction of sp³-hybridized carbons (Fsp3) is 1.00. The van der Waals surface area contributed by atoms with Gasteiger partial charge in [0, 0.05) is 6.04 Å². The molecule has 6 atom stereocenters. The lowest BCUT2D eigenvalue weighted by Gasteiger charge is -2.21. The van der Waals surface area contributed by atoms with Gasteiger partial charge in [-0.3, -0.25) is 0 Å². The number of hydrogen-bond acceptors (Lipinski definition) is 1. The fourth-order valence-corrected chi connectivity index (χ4v) is 4.81. The van der Waals surface area contributed by atoms with Crippen LogP contribution in [0.4, 0.5) is 0 Å². The molecule has 3 aliphatic carbocycles. The number of rotatable bonds is 0. The maximum absolute atomic E-state index is 6.11. The van der Waals surface area contributed by atoms with Gasteiger partial charge in [-0.25, -0.2) is 0 Å².